The minimum atomic E-state index is 0.0557. The number of rotatable bonds is 5. The molecule has 2 saturated heterocycles. The van der Waals surface area contributed by atoms with Crippen LogP contribution in [0.4, 0.5) is 0 Å². The van der Waals surface area contributed by atoms with Crippen LogP contribution in [-0.2, 0) is 11.2 Å². The van der Waals surface area contributed by atoms with E-state index in [2.05, 4.69) is 28.9 Å². The van der Waals surface area contributed by atoms with Crippen LogP contribution in [0.1, 0.15) is 36.5 Å². The predicted molar refractivity (Wildman–Crippen MR) is 88.4 cm³/mol. The normalized spacial score (nSPS) is 22.9. The summed E-state index contributed by atoms with van der Waals surface area (Å²) in [5.74, 6) is 1.28. The van der Waals surface area contributed by atoms with E-state index in [4.69, 9.17) is 4.74 Å². The quantitative estimate of drug-likeness (QED) is 0.891. The molecule has 23 heavy (non-hydrogen) atoms. The molecule has 1 unspecified atom stereocenters. The van der Waals surface area contributed by atoms with Gasteiger partial charge in [-0.25, -0.2) is 0 Å². The fourth-order valence-electron chi connectivity index (χ4n) is 3.40. The molecule has 0 radical (unpaired) electrons. The molecule has 0 bridgehead atoms. The molecule has 1 N–H and O–H groups in total. The number of carbonyl (C=O) groups is 1. The van der Waals surface area contributed by atoms with Crippen molar-refractivity contribution in [3.8, 4) is 0 Å². The Balaban J connectivity index is 1.48. The molecule has 1 atom stereocenters. The van der Waals surface area contributed by atoms with Crippen molar-refractivity contribution in [2.45, 2.75) is 26.7 Å². The third-order valence-electron chi connectivity index (χ3n) is 4.68. The second-order valence-electron chi connectivity index (χ2n) is 7.20. The first-order chi connectivity index (χ1) is 11.1. The Hall–Kier alpha value is -1.40. The lowest BCUT2D eigenvalue weighted by Crippen LogP contribution is -2.49. The molecule has 2 aliphatic heterocycles. The van der Waals surface area contributed by atoms with Crippen LogP contribution in [0.2, 0.25) is 0 Å². The maximum atomic E-state index is 12.6. The van der Waals surface area contributed by atoms with E-state index in [0.717, 1.165) is 58.1 Å². The number of hydrogen-bond donors (Lipinski definition) is 1. The zero-order valence-electron chi connectivity index (χ0n) is 14.3. The molecule has 6 nitrogen and oxygen atoms in total. The molecule has 1 amide bonds. The Kier molecular flexibility index (Phi) is 5.33. The molecule has 1 aromatic rings. The largest absolute Gasteiger partial charge is 0.381 e. The topological polar surface area (TPSA) is 61.5 Å². The van der Waals surface area contributed by atoms with Gasteiger partial charge in [0.15, 0.2) is 0 Å². The van der Waals surface area contributed by atoms with Crippen molar-refractivity contribution in [1.29, 1.82) is 0 Å². The number of amides is 1. The number of piperazine rings is 1. The number of nitrogens with zero attached hydrogens (tertiary/aromatic N) is 3. The van der Waals surface area contributed by atoms with Crippen molar-refractivity contribution in [3.63, 3.8) is 0 Å². The lowest BCUT2D eigenvalue weighted by molar-refractivity contribution is 0.0605. The number of H-pyrrole nitrogens is 1. The smallest absolute Gasteiger partial charge is 0.274 e. The number of nitrogens with one attached hydrogen (secondary N) is 1. The SMILES string of the molecule is CC(C)Cc1cc(C(=O)N2CCN(CC3CCOC3)CC2)n[nH]1. The van der Waals surface area contributed by atoms with Gasteiger partial charge in [0, 0.05) is 45.0 Å². The summed E-state index contributed by atoms with van der Waals surface area (Å²) in [7, 11) is 0. The molecule has 3 rings (SSSR count). The summed E-state index contributed by atoms with van der Waals surface area (Å²) in [4.78, 5) is 16.9. The van der Waals surface area contributed by atoms with Crippen molar-refractivity contribution in [2.24, 2.45) is 11.8 Å². The van der Waals surface area contributed by atoms with Crippen LogP contribution in [0.25, 0.3) is 0 Å². The summed E-state index contributed by atoms with van der Waals surface area (Å²) < 4.78 is 5.44. The van der Waals surface area contributed by atoms with Gasteiger partial charge in [0.1, 0.15) is 5.69 Å². The van der Waals surface area contributed by atoms with Gasteiger partial charge < -0.3 is 9.64 Å². The first-order valence-corrected chi connectivity index (χ1v) is 8.75. The van der Waals surface area contributed by atoms with Crippen LogP contribution >= 0.6 is 0 Å². The van der Waals surface area contributed by atoms with Crippen LogP contribution in [0.15, 0.2) is 6.07 Å². The van der Waals surface area contributed by atoms with Crippen molar-refractivity contribution in [2.75, 3.05) is 45.9 Å². The van der Waals surface area contributed by atoms with E-state index in [1.165, 1.54) is 6.42 Å². The van der Waals surface area contributed by atoms with E-state index in [9.17, 15) is 4.79 Å². The standard InChI is InChI=1S/C17H28N4O2/c1-13(2)9-15-10-16(19-18-15)17(22)21-6-4-20(5-7-21)11-14-3-8-23-12-14/h10,13-14H,3-9,11-12H2,1-2H3,(H,18,19). The second-order valence-corrected chi connectivity index (χ2v) is 7.20. The molecule has 1 aromatic heterocycles. The van der Waals surface area contributed by atoms with Crippen molar-refractivity contribution >= 4 is 5.91 Å². The van der Waals surface area contributed by atoms with Gasteiger partial charge in [0.05, 0.1) is 6.61 Å². The minimum absolute atomic E-state index is 0.0557. The third kappa shape index (κ3) is 4.32. The summed E-state index contributed by atoms with van der Waals surface area (Å²) in [6.45, 7) is 10.7. The molecular formula is C17H28N4O2. The maximum absolute atomic E-state index is 12.6. The van der Waals surface area contributed by atoms with E-state index in [-0.39, 0.29) is 5.91 Å². The highest BCUT2D eigenvalue weighted by molar-refractivity contribution is 5.92. The van der Waals surface area contributed by atoms with Crippen molar-refractivity contribution in [1.82, 2.24) is 20.0 Å². The molecular weight excluding hydrogens is 292 g/mol. The van der Waals surface area contributed by atoms with Crippen LogP contribution in [-0.4, -0.2) is 71.8 Å². The third-order valence-corrected chi connectivity index (χ3v) is 4.68. The average molecular weight is 320 g/mol. The van der Waals surface area contributed by atoms with Gasteiger partial charge in [-0.2, -0.15) is 5.10 Å². The Labute approximate surface area is 138 Å². The first kappa shape index (κ1) is 16.5. The highest BCUT2D eigenvalue weighted by atomic mass is 16.5. The molecule has 128 valence electrons. The van der Waals surface area contributed by atoms with Gasteiger partial charge in [-0.05, 0) is 30.7 Å². The summed E-state index contributed by atoms with van der Waals surface area (Å²) in [5.41, 5.74) is 1.60. The second kappa shape index (κ2) is 7.45. The lowest BCUT2D eigenvalue weighted by atomic mass is 10.1. The molecule has 0 spiro atoms. The number of ether oxygens (including phenoxy) is 1. The van der Waals surface area contributed by atoms with E-state index >= 15 is 0 Å². The zero-order valence-corrected chi connectivity index (χ0v) is 14.3. The Morgan fingerprint density at radius 3 is 2.83 bits per heavy atom. The highest BCUT2D eigenvalue weighted by Gasteiger charge is 2.26. The number of aromatic amines is 1. The van der Waals surface area contributed by atoms with Crippen molar-refractivity contribution in [3.05, 3.63) is 17.5 Å². The molecule has 0 aliphatic carbocycles. The summed E-state index contributed by atoms with van der Waals surface area (Å²) in [5, 5.41) is 7.19. The van der Waals surface area contributed by atoms with Gasteiger partial charge in [-0.1, -0.05) is 13.8 Å². The lowest BCUT2D eigenvalue weighted by Gasteiger charge is -2.35. The molecule has 0 saturated carbocycles. The molecule has 2 aliphatic rings. The molecule has 0 aromatic carbocycles. The number of aromatic nitrogens is 2. The van der Waals surface area contributed by atoms with E-state index < -0.39 is 0 Å². The number of carbonyl (C=O) groups excluding carboxylic acids is 1. The molecule has 6 heteroatoms. The number of hydrogen-bond acceptors (Lipinski definition) is 4. The van der Waals surface area contributed by atoms with Crippen LogP contribution in [0.5, 0.6) is 0 Å². The van der Waals surface area contributed by atoms with Crippen LogP contribution in [0, 0.1) is 11.8 Å². The van der Waals surface area contributed by atoms with Gasteiger partial charge in [-0.3, -0.25) is 14.8 Å². The van der Waals surface area contributed by atoms with Crippen LogP contribution < -0.4 is 0 Å². The molecule has 2 fully saturated rings. The summed E-state index contributed by atoms with van der Waals surface area (Å²) in [6, 6.07) is 1.91. The van der Waals surface area contributed by atoms with Gasteiger partial charge >= 0.3 is 0 Å². The van der Waals surface area contributed by atoms with Crippen LogP contribution in [0.3, 0.4) is 0 Å². The minimum Gasteiger partial charge on any atom is -0.381 e. The predicted octanol–water partition coefficient (Wildman–Crippen LogP) is 1.40. The van der Waals surface area contributed by atoms with E-state index in [0.29, 0.717) is 17.5 Å². The fraction of sp³-hybridized carbons (Fsp3) is 0.765. The van der Waals surface area contributed by atoms with E-state index in [1.807, 2.05) is 11.0 Å². The average Bonchev–Trinajstić information content (AvgIpc) is 3.19. The zero-order chi connectivity index (χ0) is 16.2. The molecule has 3 heterocycles. The maximum Gasteiger partial charge on any atom is 0.274 e. The first-order valence-electron chi connectivity index (χ1n) is 8.75. The highest BCUT2D eigenvalue weighted by Crippen LogP contribution is 2.16. The van der Waals surface area contributed by atoms with E-state index in [1.54, 1.807) is 0 Å². The van der Waals surface area contributed by atoms with Crippen molar-refractivity contribution < 1.29 is 9.53 Å². The Morgan fingerprint density at radius 2 is 2.17 bits per heavy atom. The van der Waals surface area contributed by atoms with Gasteiger partial charge in [-0.15, -0.1) is 0 Å². The van der Waals surface area contributed by atoms with Gasteiger partial charge in [0.2, 0.25) is 0 Å². The Bertz CT molecular complexity index is 514. The summed E-state index contributed by atoms with van der Waals surface area (Å²) >= 11 is 0. The van der Waals surface area contributed by atoms with Gasteiger partial charge in [0.25, 0.3) is 5.91 Å². The summed E-state index contributed by atoms with van der Waals surface area (Å²) in [6.07, 6.45) is 2.10. The Morgan fingerprint density at radius 1 is 1.39 bits per heavy atom. The fourth-order valence-corrected chi connectivity index (χ4v) is 3.40. The monoisotopic (exact) mass is 320 g/mol.